The maximum atomic E-state index is 6.36. The third kappa shape index (κ3) is 6.03. The number of nitrogens with one attached hydrogen (secondary N) is 2. The smallest absolute Gasteiger partial charge is 0.191 e. The molecule has 2 rings (SSSR count). The molecule has 0 saturated heterocycles. The zero-order chi connectivity index (χ0) is 21.2. The first-order chi connectivity index (χ1) is 14.1. The van der Waals surface area contributed by atoms with Crippen molar-refractivity contribution in [1.29, 1.82) is 0 Å². The van der Waals surface area contributed by atoms with Crippen molar-refractivity contribution in [3.8, 4) is 11.5 Å². The Kier molecular flexibility index (Phi) is 9.12. The summed E-state index contributed by atoms with van der Waals surface area (Å²) in [5, 5.41) is 11.3. The highest BCUT2D eigenvalue weighted by Crippen LogP contribution is 2.36. The average Bonchev–Trinajstić information content (AvgIpc) is 3.13. The summed E-state index contributed by atoms with van der Waals surface area (Å²) in [6, 6.07) is 3.75. The number of aryl methyl sites for hydroxylation is 2. The van der Waals surface area contributed by atoms with Crippen molar-refractivity contribution >= 4 is 17.6 Å². The van der Waals surface area contributed by atoms with E-state index in [2.05, 4.69) is 34.6 Å². The molecule has 29 heavy (non-hydrogen) atoms. The lowest BCUT2D eigenvalue weighted by molar-refractivity contribution is 0.311. The Labute approximate surface area is 177 Å². The van der Waals surface area contributed by atoms with Crippen molar-refractivity contribution in [1.82, 2.24) is 15.8 Å². The van der Waals surface area contributed by atoms with Gasteiger partial charge in [0, 0.05) is 25.1 Å². The highest BCUT2D eigenvalue weighted by atomic mass is 35.5. The molecule has 0 radical (unpaired) electrons. The molecular formula is C21H31ClN4O3. The number of ether oxygens (including phenoxy) is 2. The summed E-state index contributed by atoms with van der Waals surface area (Å²) in [5.74, 6) is 2.78. The molecule has 8 heteroatoms. The first kappa shape index (κ1) is 22.9. The number of nitrogens with zero attached hydrogens (tertiary/aromatic N) is 2. The van der Waals surface area contributed by atoms with Crippen LogP contribution in [0.25, 0.3) is 0 Å². The predicted octanol–water partition coefficient (Wildman–Crippen LogP) is 4.12. The van der Waals surface area contributed by atoms with Gasteiger partial charge in [-0.1, -0.05) is 30.6 Å². The van der Waals surface area contributed by atoms with Crippen molar-refractivity contribution in [3.05, 3.63) is 39.7 Å². The minimum atomic E-state index is 0.447. The van der Waals surface area contributed by atoms with Gasteiger partial charge < -0.3 is 24.6 Å². The number of aromatic nitrogens is 1. The second-order valence-corrected chi connectivity index (χ2v) is 6.74. The largest absolute Gasteiger partial charge is 0.493 e. The van der Waals surface area contributed by atoms with Crippen LogP contribution >= 0.6 is 11.6 Å². The molecule has 7 nitrogen and oxygen atoms in total. The fraction of sp³-hybridized carbons (Fsp3) is 0.524. The van der Waals surface area contributed by atoms with Gasteiger partial charge in [0.2, 0.25) is 0 Å². The third-order valence-electron chi connectivity index (χ3n) is 4.38. The molecule has 2 aromatic rings. The van der Waals surface area contributed by atoms with Crippen LogP contribution in [0.2, 0.25) is 5.02 Å². The standard InChI is InChI=1S/C21H31ClN4O3/c1-6-17-15(18(7-2)29-26-17)13-25-21(23-8-3)24-12-14-10-16(22)20(28-9-4)19(11-14)27-5/h10-11H,6-9,12-13H2,1-5H3,(H2,23,24,25). The lowest BCUT2D eigenvalue weighted by atomic mass is 10.1. The molecule has 0 aliphatic rings. The van der Waals surface area contributed by atoms with E-state index in [1.165, 1.54) is 0 Å². The molecule has 2 N–H and O–H groups in total. The summed E-state index contributed by atoms with van der Waals surface area (Å²) in [5.41, 5.74) is 3.01. The van der Waals surface area contributed by atoms with Gasteiger partial charge in [0.1, 0.15) is 5.76 Å². The SMILES string of the molecule is CCNC(=NCc1cc(Cl)c(OCC)c(OC)c1)NCc1c(CC)noc1CC. The number of rotatable bonds is 10. The summed E-state index contributed by atoms with van der Waals surface area (Å²) < 4.78 is 16.4. The zero-order valence-corrected chi connectivity index (χ0v) is 18.7. The highest BCUT2D eigenvalue weighted by Gasteiger charge is 2.14. The van der Waals surface area contributed by atoms with Crippen LogP contribution in [0, 0.1) is 0 Å². The Morgan fingerprint density at radius 1 is 1.17 bits per heavy atom. The molecule has 1 aromatic heterocycles. The molecule has 160 valence electrons. The Morgan fingerprint density at radius 3 is 2.59 bits per heavy atom. The van der Waals surface area contributed by atoms with E-state index in [1.54, 1.807) is 7.11 Å². The molecule has 0 bridgehead atoms. The van der Waals surface area contributed by atoms with Crippen LogP contribution in [-0.2, 0) is 25.9 Å². The first-order valence-corrected chi connectivity index (χ1v) is 10.4. The first-order valence-electron chi connectivity index (χ1n) is 10.0. The Balaban J connectivity index is 2.15. The third-order valence-corrected chi connectivity index (χ3v) is 4.66. The molecular weight excluding hydrogens is 392 g/mol. The van der Waals surface area contributed by atoms with Crippen LogP contribution in [-0.4, -0.2) is 31.4 Å². The fourth-order valence-corrected chi connectivity index (χ4v) is 3.26. The summed E-state index contributed by atoms with van der Waals surface area (Å²) in [4.78, 5) is 4.67. The number of aliphatic imine (C=N–C) groups is 1. The summed E-state index contributed by atoms with van der Waals surface area (Å²) in [6.45, 7) is 10.4. The van der Waals surface area contributed by atoms with Gasteiger partial charge in [0.15, 0.2) is 17.5 Å². The number of benzene rings is 1. The second-order valence-electron chi connectivity index (χ2n) is 6.33. The number of methoxy groups -OCH3 is 1. The Bertz CT molecular complexity index is 799. The molecule has 0 aliphatic carbocycles. The number of halogens is 1. The molecule has 0 aliphatic heterocycles. The lowest BCUT2D eigenvalue weighted by Crippen LogP contribution is -2.37. The minimum absolute atomic E-state index is 0.447. The maximum Gasteiger partial charge on any atom is 0.191 e. The summed E-state index contributed by atoms with van der Waals surface area (Å²) >= 11 is 6.36. The van der Waals surface area contributed by atoms with E-state index in [4.69, 9.17) is 25.6 Å². The van der Waals surface area contributed by atoms with Gasteiger partial charge in [0.25, 0.3) is 0 Å². The van der Waals surface area contributed by atoms with Crippen LogP contribution in [0.5, 0.6) is 11.5 Å². The van der Waals surface area contributed by atoms with E-state index in [1.807, 2.05) is 26.0 Å². The highest BCUT2D eigenvalue weighted by molar-refractivity contribution is 6.32. The van der Waals surface area contributed by atoms with E-state index < -0.39 is 0 Å². The van der Waals surface area contributed by atoms with E-state index in [0.29, 0.717) is 42.2 Å². The van der Waals surface area contributed by atoms with Gasteiger partial charge >= 0.3 is 0 Å². The zero-order valence-electron chi connectivity index (χ0n) is 17.9. The van der Waals surface area contributed by atoms with E-state index in [-0.39, 0.29) is 0 Å². The van der Waals surface area contributed by atoms with Crippen molar-refractivity contribution in [2.75, 3.05) is 20.3 Å². The molecule has 1 aromatic carbocycles. The van der Waals surface area contributed by atoms with Crippen molar-refractivity contribution in [2.45, 2.75) is 53.6 Å². The van der Waals surface area contributed by atoms with Gasteiger partial charge in [-0.2, -0.15) is 0 Å². The quantitative estimate of drug-likeness (QED) is 0.443. The van der Waals surface area contributed by atoms with E-state index in [9.17, 15) is 0 Å². The van der Waals surface area contributed by atoms with E-state index >= 15 is 0 Å². The van der Waals surface area contributed by atoms with Gasteiger partial charge in [0.05, 0.1) is 31.0 Å². The Hall–Kier alpha value is -2.41. The normalized spacial score (nSPS) is 11.4. The van der Waals surface area contributed by atoms with Gasteiger partial charge in [-0.3, -0.25) is 0 Å². The lowest BCUT2D eigenvalue weighted by Gasteiger charge is -2.14. The Morgan fingerprint density at radius 2 is 1.97 bits per heavy atom. The van der Waals surface area contributed by atoms with Crippen LogP contribution in [0.3, 0.4) is 0 Å². The molecule has 0 spiro atoms. The van der Waals surface area contributed by atoms with Gasteiger partial charge in [-0.15, -0.1) is 0 Å². The number of hydrogen-bond donors (Lipinski definition) is 2. The van der Waals surface area contributed by atoms with E-state index in [0.717, 1.165) is 42.0 Å². The fourth-order valence-electron chi connectivity index (χ4n) is 2.97. The molecule has 0 unspecified atom stereocenters. The second kappa shape index (κ2) is 11.6. The van der Waals surface area contributed by atoms with Crippen LogP contribution in [0.4, 0.5) is 0 Å². The molecule has 0 amide bonds. The number of hydrogen-bond acceptors (Lipinski definition) is 5. The van der Waals surface area contributed by atoms with Crippen molar-refractivity contribution in [3.63, 3.8) is 0 Å². The topological polar surface area (TPSA) is 80.9 Å². The van der Waals surface area contributed by atoms with Gasteiger partial charge in [-0.25, -0.2) is 4.99 Å². The van der Waals surface area contributed by atoms with Crippen LogP contribution in [0.15, 0.2) is 21.6 Å². The maximum absolute atomic E-state index is 6.36. The average molecular weight is 423 g/mol. The molecule has 1 heterocycles. The summed E-state index contributed by atoms with van der Waals surface area (Å²) in [7, 11) is 1.60. The number of guanidine groups is 1. The van der Waals surface area contributed by atoms with Crippen molar-refractivity contribution < 1.29 is 14.0 Å². The summed E-state index contributed by atoms with van der Waals surface area (Å²) in [6.07, 6.45) is 1.64. The van der Waals surface area contributed by atoms with Crippen LogP contribution in [0.1, 0.15) is 50.3 Å². The van der Waals surface area contributed by atoms with Crippen molar-refractivity contribution in [2.24, 2.45) is 4.99 Å². The molecule has 0 saturated carbocycles. The molecule has 0 atom stereocenters. The van der Waals surface area contributed by atoms with Crippen LogP contribution < -0.4 is 20.1 Å². The monoisotopic (exact) mass is 422 g/mol. The predicted molar refractivity (Wildman–Crippen MR) is 116 cm³/mol. The van der Waals surface area contributed by atoms with Gasteiger partial charge in [-0.05, 0) is 38.0 Å². The minimum Gasteiger partial charge on any atom is -0.493 e. The molecule has 0 fully saturated rings.